The lowest BCUT2D eigenvalue weighted by atomic mass is 9.92. The number of nitrogens with zero attached hydrogens (tertiary/aromatic N) is 4. The van der Waals surface area contributed by atoms with E-state index in [0.717, 1.165) is 71.5 Å². The standard InChI is InChI=1S/C21H44N6O.HI/c1-6-18(7-2)20(27-11-13-28-14-12-27)16-24-21(22-8-3)23-15-19-17-25(4)9-10-26(19)5;/h18-20H,6-17H2,1-5H3,(H2,22,23,24);1H. The van der Waals surface area contributed by atoms with Crippen molar-refractivity contribution in [3.05, 3.63) is 0 Å². The first-order valence-corrected chi connectivity index (χ1v) is 11.3. The Labute approximate surface area is 196 Å². The molecule has 0 bridgehead atoms. The van der Waals surface area contributed by atoms with Crippen molar-refractivity contribution < 1.29 is 4.74 Å². The van der Waals surface area contributed by atoms with Crippen molar-refractivity contribution in [2.75, 3.05) is 79.7 Å². The van der Waals surface area contributed by atoms with Gasteiger partial charge in [-0.05, 0) is 26.9 Å². The monoisotopic (exact) mass is 524 g/mol. The van der Waals surface area contributed by atoms with E-state index in [1.807, 2.05) is 0 Å². The lowest BCUT2D eigenvalue weighted by Gasteiger charge is -2.38. The van der Waals surface area contributed by atoms with E-state index in [2.05, 4.69) is 60.2 Å². The summed E-state index contributed by atoms with van der Waals surface area (Å²) in [5.74, 6) is 1.64. The summed E-state index contributed by atoms with van der Waals surface area (Å²) in [6.45, 7) is 16.6. The van der Waals surface area contributed by atoms with E-state index in [-0.39, 0.29) is 24.0 Å². The first-order chi connectivity index (χ1) is 13.6. The van der Waals surface area contributed by atoms with Crippen molar-refractivity contribution >= 4 is 29.9 Å². The van der Waals surface area contributed by atoms with Gasteiger partial charge in [0, 0.05) is 57.9 Å². The topological polar surface area (TPSA) is 55.4 Å². The summed E-state index contributed by atoms with van der Waals surface area (Å²) < 4.78 is 5.57. The van der Waals surface area contributed by atoms with Crippen LogP contribution in [0.5, 0.6) is 0 Å². The minimum Gasteiger partial charge on any atom is -0.379 e. The predicted octanol–water partition coefficient (Wildman–Crippen LogP) is 1.54. The average Bonchev–Trinajstić information content (AvgIpc) is 2.72. The van der Waals surface area contributed by atoms with Crippen LogP contribution in [-0.2, 0) is 4.74 Å². The van der Waals surface area contributed by atoms with Crippen LogP contribution < -0.4 is 10.6 Å². The molecule has 2 saturated heterocycles. The molecule has 2 aliphatic heterocycles. The fraction of sp³-hybridized carbons (Fsp3) is 0.952. The summed E-state index contributed by atoms with van der Waals surface area (Å²) in [4.78, 5) is 12.5. The third-order valence-corrected chi connectivity index (χ3v) is 6.37. The number of nitrogens with one attached hydrogen (secondary N) is 2. The van der Waals surface area contributed by atoms with Crippen LogP contribution in [0.3, 0.4) is 0 Å². The zero-order valence-corrected chi connectivity index (χ0v) is 21.7. The highest BCUT2D eigenvalue weighted by Crippen LogP contribution is 2.20. The van der Waals surface area contributed by atoms with Gasteiger partial charge in [-0.2, -0.15) is 0 Å². The molecule has 0 saturated carbocycles. The van der Waals surface area contributed by atoms with Crippen molar-refractivity contribution in [3.63, 3.8) is 0 Å². The molecule has 7 nitrogen and oxygen atoms in total. The molecule has 2 fully saturated rings. The Kier molecular flexibility index (Phi) is 13.7. The molecule has 0 aromatic carbocycles. The Hall–Kier alpha value is -0.160. The Morgan fingerprint density at radius 3 is 2.34 bits per heavy atom. The molecule has 2 N–H and O–H groups in total. The summed E-state index contributed by atoms with van der Waals surface area (Å²) in [7, 11) is 4.44. The van der Waals surface area contributed by atoms with Gasteiger partial charge in [0.05, 0.1) is 19.8 Å². The molecule has 0 amide bonds. The summed E-state index contributed by atoms with van der Waals surface area (Å²) in [5.41, 5.74) is 0. The molecule has 0 aromatic heterocycles. The second-order valence-corrected chi connectivity index (χ2v) is 8.29. The number of guanidine groups is 1. The number of morpholine rings is 1. The zero-order valence-electron chi connectivity index (χ0n) is 19.3. The molecular weight excluding hydrogens is 479 g/mol. The maximum absolute atomic E-state index is 5.57. The third kappa shape index (κ3) is 8.85. The summed E-state index contributed by atoms with van der Waals surface area (Å²) in [6, 6.07) is 1.02. The van der Waals surface area contributed by atoms with Gasteiger partial charge >= 0.3 is 0 Å². The minimum atomic E-state index is 0. The highest BCUT2D eigenvalue weighted by atomic mass is 127. The number of hydrogen-bond acceptors (Lipinski definition) is 5. The quantitative estimate of drug-likeness (QED) is 0.271. The van der Waals surface area contributed by atoms with Crippen molar-refractivity contribution in [3.8, 4) is 0 Å². The predicted molar refractivity (Wildman–Crippen MR) is 134 cm³/mol. The van der Waals surface area contributed by atoms with E-state index in [4.69, 9.17) is 9.73 Å². The van der Waals surface area contributed by atoms with Gasteiger partial charge in [-0.25, -0.2) is 0 Å². The Morgan fingerprint density at radius 1 is 1.03 bits per heavy atom. The number of hydrogen-bond donors (Lipinski definition) is 2. The number of rotatable bonds is 9. The maximum Gasteiger partial charge on any atom is 0.191 e. The molecule has 0 spiro atoms. The van der Waals surface area contributed by atoms with E-state index in [1.165, 1.54) is 12.8 Å². The first-order valence-electron chi connectivity index (χ1n) is 11.3. The minimum absolute atomic E-state index is 0. The largest absolute Gasteiger partial charge is 0.379 e. The molecule has 2 atom stereocenters. The normalized spacial score (nSPS) is 23.7. The summed E-state index contributed by atoms with van der Waals surface area (Å²) >= 11 is 0. The average molecular weight is 525 g/mol. The van der Waals surface area contributed by atoms with Gasteiger partial charge in [0.25, 0.3) is 0 Å². The van der Waals surface area contributed by atoms with Gasteiger partial charge in [-0.1, -0.05) is 26.7 Å². The SMILES string of the molecule is CCNC(=NCC(C(CC)CC)N1CCOCC1)NCC1CN(C)CCN1C.I. The van der Waals surface area contributed by atoms with Crippen LogP contribution >= 0.6 is 24.0 Å². The van der Waals surface area contributed by atoms with Crippen LogP contribution in [0, 0.1) is 5.92 Å². The van der Waals surface area contributed by atoms with E-state index in [9.17, 15) is 0 Å². The lowest BCUT2D eigenvalue weighted by Crippen LogP contribution is -2.55. The van der Waals surface area contributed by atoms with Crippen LogP contribution in [-0.4, -0.2) is 112 Å². The number of piperazine rings is 1. The van der Waals surface area contributed by atoms with E-state index >= 15 is 0 Å². The molecule has 172 valence electrons. The number of likely N-dealkylation sites (N-methyl/N-ethyl adjacent to an activating group) is 2. The fourth-order valence-electron chi connectivity index (χ4n) is 4.37. The molecule has 2 aliphatic rings. The second-order valence-electron chi connectivity index (χ2n) is 8.29. The molecule has 0 aliphatic carbocycles. The van der Waals surface area contributed by atoms with Crippen LogP contribution in [0.2, 0.25) is 0 Å². The number of ether oxygens (including phenoxy) is 1. The van der Waals surface area contributed by atoms with E-state index in [1.54, 1.807) is 0 Å². The molecule has 2 rings (SSSR count). The van der Waals surface area contributed by atoms with Gasteiger partial charge in [-0.3, -0.25) is 14.8 Å². The van der Waals surface area contributed by atoms with Gasteiger partial charge in [0.15, 0.2) is 5.96 Å². The zero-order chi connectivity index (χ0) is 20.4. The van der Waals surface area contributed by atoms with E-state index in [0.29, 0.717) is 18.0 Å². The van der Waals surface area contributed by atoms with Gasteiger partial charge < -0.3 is 20.3 Å². The molecule has 2 unspecified atom stereocenters. The summed E-state index contributed by atoms with van der Waals surface area (Å²) in [5, 5.41) is 7.05. The second kappa shape index (κ2) is 14.8. The van der Waals surface area contributed by atoms with Crippen LogP contribution in [0.15, 0.2) is 4.99 Å². The Balaban J connectivity index is 0.00000420. The fourth-order valence-corrected chi connectivity index (χ4v) is 4.37. The lowest BCUT2D eigenvalue weighted by molar-refractivity contribution is 0.00395. The molecule has 0 radical (unpaired) electrons. The molecule has 0 aromatic rings. The van der Waals surface area contributed by atoms with Gasteiger partial charge in [0.1, 0.15) is 0 Å². The van der Waals surface area contributed by atoms with Crippen LogP contribution in [0.1, 0.15) is 33.6 Å². The summed E-state index contributed by atoms with van der Waals surface area (Å²) in [6.07, 6.45) is 2.41. The van der Waals surface area contributed by atoms with Crippen molar-refractivity contribution in [2.24, 2.45) is 10.9 Å². The maximum atomic E-state index is 5.57. The highest BCUT2D eigenvalue weighted by molar-refractivity contribution is 14.0. The van der Waals surface area contributed by atoms with Gasteiger partial charge in [0.2, 0.25) is 0 Å². The van der Waals surface area contributed by atoms with E-state index < -0.39 is 0 Å². The highest BCUT2D eigenvalue weighted by Gasteiger charge is 2.27. The third-order valence-electron chi connectivity index (χ3n) is 6.37. The Morgan fingerprint density at radius 2 is 1.72 bits per heavy atom. The molecule has 29 heavy (non-hydrogen) atoms. The first kappa shape index (κ1) is 26.9. The van der Waals surface area contributed by atoms with Crippen molar-refractivity contribution in [2.45, 2.75) is 45.7 Å². The Bertz CT molecular complexity index is 456. The number of halogens is 1. The number of aliphatic imine (C=N–C) groups is 1. The van der Waals surface area contributed by atoms with Gasteiger partial charge in [-0.15, -0.1) is 24.0 Å². The van der Waals surface area contributed by atoms with Crippen molar-refractivity contribution in [1.82, 2.24) is 25.3 Å². The molecule has 2 heterocycles. The van der Waals surface area contributed by atoms with Crippen LogP contribution in [0.4, 0.5) is 0 Å². The van der Waals surface area contributed by atoms with Crippen molar-refractivity contribution in [1.29, 1.82) is 0 Å². The van der Waals surface area contributed by atoms with Crippen LogP contribution in [0.25, 0.3) is 0 Å². The smallest absolute Gasteiger partial charge is 0.191 e. The molecular formula is C21H45IN6O. The molecule has 8 heteroatoms.